The number of nitrogens with zero attached hydrogens (tertiary/aromatic N) is 3. The summed E-state index contributed by atoms with van der Waals surface area (Å²) in [4.78, 5) is 38.4. The molecule has 1 unspecified atom stereocenters. The summed E-state index contributed by atoms with van der Waals surface area (Å²) >= 11 is 6.70. The van der Waals surface area contributed by atoms with Crippen molar-refractivity contribution in [3.05, 3.63) is 141 Å². The number of alkyl halides is 3. The predicted octanol–water partition coefficient (Wildman–Crippen LogP) is 7.07. The summed E-state index contributed by atoms with van der Waals surface area (Å²) in [5.41, 5.74) is -0.451. The Kier molecular flexibility index (Phi) is 10.4. The SMILES string of the molecule is CC1(C)C(C(C#N)=C2N(CCC(=O)O)c3ccc(Cl)cc3C2(Cc2ccccc2)Cc2ccccc2C(=O)O)=[N+](CCC(=O)[O-])c2ccc(C(F)(F)F)cc21. The second-order valence-electron chi connectivity index (χ2n) is 14.2. The van der Waals surface area contributed by atoms with Crippen LogP contribution in [-0.4, -0.2) is 51.5 Å². The Morgan fingerprint density at radius 2 is 1.60 bits per heavy atom. The van der Waals surface area contributed by atoms with E-state index < -0.39 is 46.9 Å². The van der Waals surface area contributed by atoms with Crippen LogP contribution in [0.25, 0.3) is 0 Å². The molecule has 0 saturated carbocycles. The van der Waals surface area contributed by atoms with Crippen molar-refractivity contribution in [2.24, 2.45) is 0 Å². The molecule has 0 radical (unpaired) electrons. The number of aliphatic carboxylic acids is 2. The van der Waals surface area contributed by atoms with Crippen molar-refractivity contribution in [1.82, 2.24) is 0 Å². The molecule has 6 rings (SSSR count). The maximum atomic E-state index is 14.1. The van der Waals surface area contributed by atoms with Crippen LogP contribution in [0.1, 0.15) is 64.9 Å². The molecule has 0 fully saturated rings. The van der Waals surface area contributed by atoms with E-state index in [1.165, 1.54) is 16.7 Å². The molecule has 0 aromatic heterocycles. The number of carbonyl (C=O) groups is 3. The summed E-state index contributed by atoms with van der Waals surface area (Å²) in [5.74, 6) is -3.75. The molecule has 2 aliphatic rings. The summed E-state index contributed by atoms with van der Waals surface area (Å²) in [5, 5.41) is 43.9. The molecule has 13 heteroatoms. The highest BCUT2D eigenvalue weighted by molar-refractivity contribution is 6.30. The van der Waals surface area contributed by atoms with Crippen molar-refractivity contribution in [1.29, 1.82) is 5.26 Å². The number of benzene rings is 4. The fraction of sp³-hybridized carbons (Fsp3) is 0.262. The molecule has 0 amide bonds. The minimum Gasteiger partial charge on any atom is -0.550 e. The lowest BCUT2D eigenvalue weighted by atomic mass is 9.67. The largest absolute Gasteiger partial charge is 0.550 e. The van der Waals surface area contributed by atoms with Gasteiger partial charge in [-0.3, -0.25) is 4.79 Å². The molecule has 0 spiro atoms. The van der Waals surface area contributed by atoms with Crippen LogP contribution in [0.5, 0.6) is 0 Å². The molecule has 4 aromatic rings. The lowest BCUT2D eigenvalue weighted by Crippen LogP contribution is -2.41. The molecule has 282 valence electrons. The van der Waals surface area contributed by atoms with Crippen molar-refractivity contribution in [2.45, 2.75) is 56.5 Å². The maximum Gasteiger partial charge on any atom is 0.416 e. The van der Waals surface area contributed by atoms with Crippen LogP contribution in [0.4, 0.5) is 24.5 Å². The highest BCUT2D eigenvalue weighted by atomic mass is 35.5. The van der Waals surface area contributed by atoms with Gasteiger partial charge in [0.15, 0.2) is 6.54 Å². The molecule has 9 nitrogen and oxygen atoms in total. The Labute approximate surface area is 319 Å². The fourth-order valence-electron chi connectivity index (χ4n) is 8.15. The first-order valence-corrected chi connectivity index (χ1v) is 17.7. The topological polar surface area (TPSA) is 145 Å². The van der Waals surface area contributed by atoms with E-state index in [9.17, 15) is 48.1 Å². The van der Waals surface area contributed by atoms with Gasteiger partial charge in [-0.2, -0.15) is 23.0 Å². The van der Waals surface area contributed by atoms with Crippen LogP contribution in [0, 0.1) is 11.3 Å². The number of hydrogen-bond acceptors (Lipinski definition) is 6. The number of carbonyl (C=O) groups excluding carboxylic acids is 1. The monoisotopic (exact) mass is 769 g/mol. The average Bonchev–Trinajstić information content (AvgIpc) is 3.50. The van der Waals surface area contributed by atoms with Crippen molar-refractivity contribution < 1.29 is 47.4 Å². The molecule has 4 aromatic carbocycles. The van der Waals surface area contributed by atoms with E-state index in [-0.39, 0.29) is 66.1 Å². The lowest BCUT2D eigenvalue weighted by Gasteiger charge is -2.36. The number of carboxylic acid groups (broad SMARTS) is 3. The standard InChI is InChI=1S/C42H35ClF3N3O6/c1-40(2)31-20-27(42(44,45)46)12-14-33(31)48(18-16-35(50)51)37(40)30(24-47)38-41(22-25-8-4-3-5-9-25,23-26-10-6-7-11-29(26)39(54)55)32-21-28(43)13-15-34(32)49(38)19-17-36(52)53/h3-15,20-21H,16-19,22-23H2,1-2H3,(H2-,50,51,52,53,54,55). The van der Waals surface area contributed by atoms with E-state index in [0.717, 1.165) is 17.7 Å². The fourth-order valence-corrected chi connectivity index (χ4v) is 8.33. The summed E-state index contributed by atoms with van der Waals surface area (Å²) in [6.07, 6.45) is -5.51. The van der Waals surface area contributed by atoms with E-state index in [1.54, 1.807) is 55.1 Å². The molecule has 0 aliphatic carbocycles. The van der Waals surface area contributed by atoms with Gasteiger partial charge in [-0.25, -0.2) is 4.79 Å². The zero-order valence-electron chi connectivity index (χ0n) is 29.8. The number of allylic oxidation sites excluding steroid dienone is 2. The smallest absolute Gasteiger partial charge is 0.416 e. The molecule has 0 bridgehead atoms. The molecular weight excluding hydrogens is 735 g/mol. The molecule has 0 saturated heterocycles. The number of aromatic carboxylic acids is 1. The summed E-state index contributed by atoms with van der Waals surface area (Å²) < 4.78 is 44.0. The highest BCUT2D eigenvalue weighted by Gasteiger charge is 2.55. The molecule has 1 atom stereocenters. The van der Waals surface area contributed by atoms with E-state index in [4.69, 9.17) is 11.6 Å². The van der Waals surface area contributed by atoms with Gasteiger partial charge in [-0.1, -0.05) is 60.1 Å². The van der Waals surface area contributed by atoms with Gasteiger partial charge in [-0.05, 0) is 79.8 Å². The van der Waals surface area contributed by atoms with Gasteiger partial charge >= 0.3 is 18.1 Å². The van der Waals surface area contributed by atoms with Gasteiger partial charge in [0.05, 0.1) is 28.7 Å². The Morgan fingerprint density at radius 1 is 0.909 bits per heavy atom. The van der Waals surface area contributed by atoms with E-state index in [1.807, 2.05) is 30.3 Å². The number of anilines is 1. The first-order chi connectivity index (χ1) is 26.0. The normalized spacial score (nSPS) is 18.1. The summed E-state index contributed by atoms with van der Waals surface area (Å²) in [7, 11) is 0. The minimum atomic E-state index is -4.71. The molecule has 2 aliphatic heterocycles. The van der Waals surface area contributed by atoms with Gasteiger partial charge < -0.3 is 25.0 Å². The van der Waals surface area contributed by atoms with Crippen molar-refractivity contribution >= 4 is 46.6 Å². The van der Waals surface area contributed by atoms with Crippen LogP contribution >= 0.6 is 11.6 Å². The van der Waals surface area contributed by atoms with E-state index >= 15 is 0 Å². The zero-order chi connectivity index (χ0) is 39.9. The van der Waals surface area contributed by atoms with Gasteiger partial charge in [0.25, 0.3) is 0 Å². The molecular formula is C42H35ClF3N3O6. The number of nitriles is 1. The van der Waals surface area contributed by atoms with Gasteiger partial charge in [-0.15, -0.1) is 0 Å². The Balaban J connectivity index is 1.78. The number of hydrogen-bond donors (Lipinski definition) is 2. The summed E-state index contributed by atoms with van der Waals surface area (Å²) in [6.45, 7) is 2.88. The van der Waals surface area contributed by atoms with Gasteiger partial charge in [0.1, 0.15) is 11.6 Å². The summed E-state index contributed by atoms with van der Waals surface area (Å²) in [6, 6.07) is 26.1. The van der Waals surface area contributed by atoms with Crippen molar-refractivity contribution in [2.75, 3.05) is 18.0 Å². The van der Waals surface area contributed by atoms with Crippen LogP contribution in [0.3, 0.4) is 0 Å². The number of fused-ring (bicyclic) bond motifs is 2. The number of carboxylic acids is 3. The third kappa shape index (κ3) is 7.20. The third-order valence-corrected chi connectivity index (χ3v) is 10.6. The molecule has 55 heavy (non-hydrogen) atoms. The van der Waals surface area contributed by atoms with Crippen molar-refractivity contribution in [3.63, 3.8) is 0 Å². The van der Waals surface area contributed by atoms with Crippen LogP contribution in [0.15, 0.2) is 102 Å². The van der Waals surface area contributed by atoms with E-state index in [0.29, 0.717) is 21.8 Å². The third-order valence-electron chi connectivity index (χ3n) is 10.4. The second-order valence-corrected chi connectivity index (χ2v) is 14.6. The van der Waals surface area contributed by atoms with Crippen LogP contribution < -0.4 is 10.0 Å². The molecule has 2 N–H and O–H groups in total. The lowest BCUT2D eigenvalue weighted by molar-refractivity contribution is -0.440. The zero-order valence-corrected chi connectivity index (χ0v) is 30.5. The Bertz CT molecular complexity index is 2330. The van der Waals surface area contributed by atoms with Crippen molar-refractivity contribution in [3.8, 4) is 6.07 Å². The minimum absolute atomic E-state index is 0.00289. The highest BCUT2D eigenvalue weighted by Crippen LogP contribution is 2.55. The van der Waals surface area contributed by atoms with Gasteiger partial charge in [0.2, 0.25) is 11.4 Å². The van der Waals surface area contributed by atoms with Crippen LogP contribution in [-0.2, 0) is 39.4 Å². The average molecular weight is 770 g/mol. The van der Waals surface area contributed by atoms with Gasteiger partial charge in [0, 0.05) is 46.7 Å². The number of rotatable bonds is 12. The first kappa shape index (κ1) is 38.8. The van der Waals surface area contributed by atoms with E-state index in [2.05, 4.69) is 6.07 Å². The van der Waals surface area contributed by atoms with Crippen LogP contribution in [0.2, 0.25) is 5.02 Å². The quantitative estimate of drug-likeness (QED) is 0.115. The number of halogens is 4. The Hall–Kier alpha value is -5.93. The molecule has 2 heterocycles. The first-order valence-electron chi connectivity index (χ1n) is 17.4. The Morgan fingerprint density at radius 3 is 2.24 bits per heavy atom. The predicted molar refractivity (Wildman–Crippen MR) is 197 cm³/mol. The second kappa shape index (κ2) is 14.7. The maximum absolute atomic E-state index is 14.1.